The molecule has 3 rings (SSSR count). The van der Waals surface area contributed by atoms with Crippen LogP contribution in [-0.2, 0) is 0 Å². The summed E-state index contributed by atoms with van der Waals surface area (Å²) in [6.45, 7) is 4.63. The highest BCUT2D eigenvalue weighted by Crippen LogP contribution is 2.25. The molecule has 6 heteroatoms. The lowest BCUT2D eigenvalue weighted by molar-refractivity contribution is 0.0683. The van der Waals surface area contributed by atoms with Gasteiger partial charge in [-0.15, -0.1) is 0 Å². The van der Waals surface area contributed by atoms with Gasteiger partial charge in [-0.2, -0.15) is 0 Å². The minimum atomic E-state index is -0.273. The van der Waals surface area contributed by atoms with Crippen LogP contribution in [0, 0.1) is 0 Å². The largest absolute Gasteiger partial charge is 0.332 e. The highest BCUT2D eigenvalue weighted by Gasteiger charge is 2.23. The molecule has 1 aromatic carbocycles. The molecule has 0 saturated carbocycles. The Kier molecular flexibility index (Phi) is 4.46. The molecule has 0 fully saturated rings. The van der Waals surface area contributed by atoms with Crippen molar-refractivity contribution < 1.29 is 4.79 Å². The number of benzene rings is 1. The molecule has 124 valence electrons. The molecule has 2 heterocycles. The average Bonchev–Trinajstić information content (AvgIpc) is 2.98. The Labute approximate surface area is 139 Å². The molecule has 0 unspecified atom stereocenters. The summed E-state index contributed by atoms with van der Waals surface area (Å²) in [6.07, 6.45) is 4.30. The van der Waals surface area contributed by atoms with Crippen LogP contribution in [0.4, 0.5) is 0 Å². The summed E-state index contributed by atoms with van der Waals surface area (Å²) in [7, 11) is 0. The Hall–Kier alpha value is -2.89. The molecule has 0 radical (unpaired) electrons. The van der Waals surface area contributed by atoms with Crippen molar-refractivity contribution in [1.82, 2.24) is 19.9 Å². The normalized spacial score (nSPS) is 12.2. The first-order chi connectivity index (χ1) is 11.6. The SMILES string of the molecule is CC[C@@H](c1ccncc1)N(CC)C(=O)c1ccc2[nH]c(=O)[nH]c2c1. The minimum absolute atomic E-state index is 0.00790. The summed E-state index contributed by atoms with van der Waals surface area (Å²) in [5, 5.41) is 0. The van der Waals surface area contributed by atoms with Crippen LogP contribution in [-0.4, -0.2) is 32.3 Å². The summed E-state index contributed by atoms with van der Waals surface area (Å²) in [5.41, 5.74) is 2.69. The Morgan fingerprint density at radius 1 is 1.12 bits per heavy atom. The second kappa shape index (κ2) is 6.70. The van der Waals surface area contributed by atoms with Gasteiger partial charge in [0, 0.05) is 24.5 Å². The van der Waals surface area contributed by atoms with Crippen LogP contribution in [0.3, 0.4) is 0 Å². The molecule has 1 amide bonds. The number of hydrogen-bond acceptors (Lipinski definition) is 3. The second-order valence-electron chi connectivity index (χ2n) is 5.64. The average molecular weight is 324 g/mol. The van der Waals surface area contributed by atoms with Gasteiger partial charge in [0.05, 0.1) is 17.1 Å². The fraction of sp³-hybridized carbons (Fsp3) is 0.278. The first-order valence-electron chi connectivity index (χ1n) is 8.07. The van der Waals surface area contributed by atoms with Gasteiger partial charge in [0.15, 0.2) is 0 Å². The van der Waals surface area contributed by atoms with Crippen molar-refractivity contribution in [2.24, 2.45) is 0 Å². The zero-order valence-corrected chi connectivity index (χ0v) is 13.7. The molecule has 0 saturated heterocycles. The van der Waals surface area contributed by atoms with Crippen LogP contribution in [0.1, 0.15) is 42.2 Å². The molecular formula is C18H20N4O2. The molecule has 3 aromatic rings. The number of H-pyrrole nitrogens is 2. The molecule has 0 aliphatic rings. The predicted octanol–water partition coefficient (Wildman–Crippen LogP) is 2.86. The number of hydrogen-bond donors (Lipinski definition) is 2. The molecular weight excluding hydrogens is 304 g/mol. The van der Waals surface area contributed by atoms with Crippen LogP contribution < -0.4 is 5.69 Å². The highest BCUT2D eigenvalue weighted by atomic mass is 16.2. The van der Waals surface area contributed by atoms with Crippen molar-refractivity contribution in [2.45, 2.75) is 26.3 Å². The molecule has 0 aliphatic heterocycles. The van der Waals surface area contributed by atoms with Crippen LogP contribution in [0.15, 0.2) is 47.5 Å². The van der Waals surface area contributed by atoms with Crippen molar-refractivity contribution in [2.75, 3.05) is 6.54 Å². The zero-order valence-electron chi connectivity index (χ0n) is 13.7. The van der Waals surface area contributed by atoms with Crippen LogP contribution in [0.25, 0.3) is 11.0 Å². The maximum Gasteiger partial charge on any atom is 0.323 e. The predicted molar refractivity (Wildman–Crippen MR) is 92.9 cm³/mol. The van der Waals surface area contributed by atoms with Gasteiger partial charge in [0.2, 0.25) is 0 Å². The Bertz CT molecular complexity index is 898. The standard InChI is InChI=1S/C18H20N4O2/c1-3-16(12-7-9-19-10-8-12)22(4-2)17(23)13-5-6-14-15(11-13)21-18(24)20-14/h5-11,16H,3-4H2,1-2H3,(H2,20,21,24)/t16-/m0/s1. The molecule has 0 aliphatic carbocycles. The quantitative estimate of drug-likeness (QED) is 0.757. The van der Waals surface area contributed by atoms with Crippen molar-refractivity contribution in [1.29, 1.82) is 0 Å². The Balaban J connectivity index is 1.96. The third-order valence-electron chi connectivity index (χ3n) is 4.22. The first-order valence-corrected chi connectivity index (χ1v) is 8.07. The van der Waals surface area contributed by atoms with Crippen molar-refractivity contribution in [3.63, 3.8) is 0 Å². The number of fused-ring (bicyclic) bond motifs is 1. The fourth-order valence-corrected chi connectivity index (χ4v) is 3.06. The van der Waals surface area contributed by atoms with Crippen molar-refractivity contribution >= 4 is 16.9 Å². The smallest absolute Gasteiger partial charge is 0.323 e. The first kappa shape index (κ1) is 16.0. The monoisotopic (exact) mass is 324 g/mol. The van der Waals surface area contributed by atoms with Gasteiger partial charge in [0.1, 0.15) is 0 Å². The molecule has 6 nitrogen and oxygen atoms in total. The maximum atomic E-state index is 13.0. The number of carbonyl (C=O) groups excluding carboxylic acids is 1. The topological polar surface area (TPSA) is 81.8 Å². The molecule has 0 spiro atoms. The second-order valence-corrected chi connectivity index (χ2v) is 5.64. The number of nitrogens with zero attached hydrogens (tertiary/aromatic N) is 2. The molecule has 2 N–H and O–H groups in total. The van der Waals surface area contributed by atoms with Gasteiger partial charge in [-0.1, -0.05) is 6.92 Å². The van der Waals surface area contributed by atoms with Gasteiger partial charge in [0.25, 0.3) is 5.91 Å². The Morgan fingerprint density at radius 2 is 1.83 bits per heavy atom. The number of amides is 1. The third kappa shape index (κ3) is 2.95. The van der Waals surface area contributed by atoms with E-state index in [9.17, 15) is 9.59 Å². The van der Waals surface area contributed by atoms with E-state index in [1.54, 1.807) is 30.6 Å². The van der Waals surface area contributed by atoms with Gasteiger partial charge in [-0.05, 0) is 49.2 Å². The van der Waals surface area contributed by atoms with E-state index in [1.165, 1.54) is 0 Å². The number of aromatic amines is 2. The fourth-order valence-electron chi connectivity index (χ4n) is 3.06. The summed E-state index contributed by atoms with van der Waals surface area (Å²) in [4.78, 5) is 35.7. The van der Waals surface area contributed by atoms with E-state index in [4.69, 9.17) is 0 Å². The van der Waals surface area contributed by atoms with Crippen LogP contribution in [0.5, 0.6) is 0 Å². The van der Waals surface area contributed by atoms with Gasteiger partial charge < -0.3 is 14.9 Å². The van der Waals surface area contributed by atoms with E-state index in [0.29, 0.717) is 23.1 Å². The lowest BCUT2D eigenvalue weighted by atomic mass is 10.0. The van der Waals surface area contributed by atoms with Crippen molar-refractivity contribution in [3.8, 4) is 0 Å². The van der Waals surface area contributed by atoms with Gasteiger partial charge in [-0.3, -0.25) is 9.78 Å². The van der Waals surface area contributed by atoms with E-state index in [-0.39, 0.29) is 17.6 Å². The Morgan fingerprint density at radius 3 is 2.50 bits per heavy atom. The van der Waals surface area contributed by atoms with Crippen molar-refractivity contribution in [3.05, 3.63) is 64.3 Å². The minimum Gasteiger partial charge on any atom is -0.332 e. The van der Waals surface area contributed by atoms with Crippen LogP contribution >= 0.6 is 0 Å². The van der Waals surface area contributed by atoms with Crippen LogP contribution in [0.2, 0.25) is 0 Å². The van der Waals surface area contributed by atoms with E-state index in [2.05, 4.69) is 21.9 Å². The molecule has 0 bridgehead atoms. The van der Waals surface area contributed by atoms with E-state index < -0.39 is 0 Å². The molecule has 1 atom stereocenters. The number of pyridine rings is 1. The molecule has 2 aromatic heterocycles. The summed E-state index contributed by atoms with van der Waals surface area (Å²) < 4.78 is 0. The van der Waals surface area contributed by atoms with Gasteiger partial charge >= 0.3 is 5.69 Å². The lowest BCUT2D eigenvalue weighted by Crippen LogP contribution is -2.34. The van der Waals surface area contributed by atoms with Gasteiger partial charge in [-0.25, -0.2) is 4.79 Å². The molecule has 24 heavy (non-hydrogen) atoms. The lowest BCUT2D eigenvalue weighted by Gasteiger charge is -2.30. The summed E-state index contributed by atoms with van der Waals surface area (Å²) in [6, 6.07) is 9.09. The number of nitrogens with one attached hydrogen (secondary N) is 2. The third-order valence-corrected chi connectivity index (χ3v) is 4.22. The van der Waals surface area contributed by atoms with E-state index in [1.807, 2.05) is 24.0 Å². The highest BCUT2D eigenvalue weighted by molar-refractivity contribution is 5.97. The van der Waals surface area contributed by atoms with E-state index >= 15 is 0 Å². The van der Waals surface area contributed by atoms with E-state index in [0.717, 1.165) is 12.0 Å². The summed E-state index contributed by atoms with van der Waals surface area (Å²) in [5.74, 6) is -0.0508. The number of aromatic nitrogens is 3. The maximum absolute atomic E-state index is 13.0. The number of carbonyl (C=O) groups is 1. The number of rotatable bonds is 5. The summed E-state index contributed by atoms with van der Waals surface area (Å²) >= 11 is 0. The number of imidazole rings is 1. The zero-order chi connectivity index (χ0) is 17.1.